The van der Waals surface area contributed by atoms with Gasteiger partial charge in [-0.15, -0.1) is 0 Å². The Bertz CT molecular complexity index is 636. The lowest BCUT2D eigenvalue weighted by atomic mass is 10.1. The topological polar surface area (TPSA) is 99.9 Å². The van der Waals surface area contributed by atoms with Gasteiger partial charge in [-0.25, -0.2) is 4.98 Å². The smallest absolute Gasteiger partial charge is 0.288 e. The van der Waals surface area contributed by atoms with Crippen molar-refractivity contribution < 1.29 is 9.32 Å². The van der Waals surface area contributed by atoms with Crippen molar-refractivity contribution >= 4 is 5.91 Å². The number of rotatable bonds is 6. The van der Waals surface area contributed by atoms with Gasteiger partial charge in [-0.1, -0.05) is 19.0 Å². The van der Waals surface area contributed by atoms with Crippen molar-refractivity contribution in [3.8, 4) is 0 Å². The molecule has 3 heterocycles. The van der Waals surface area contributed by atoms with Gasteiger partial charge in [-0.3, -0.25) is 14.8 Å². The van der Waals surface area contributed by atoms with E-state index < -0.39 is 0 Å². The van der Waals surface area contributed by atoms with Crippen LogP contribution in [0.3, 0.4) is 0 Å². The minimum absolute atomic E-state index is 0.210. The molecule has 1 atom stereocenters. The maximum atomic E-state index is 11.8. The molecule has 0 spiro atoms. The van der Waals surface area contributed by atoms with E-state index in [1.165, 1.54) is 6.33 Å². The molecular weight excluding hydrogens is 296 g/mol. The standard InChI is InChI=1S/C15H22N6O2/c1-10(2)13-5-12(23-20-13)8-21-4-3-11(7-21)6-16-15(22)14-17-9-18-19-14/h5,9-11H,3-4,6-8H2,1-2H3,(H,16,22)(H,17,18,19). The fourth-order valence-electron chi connectivity index (χ4n) is 2.75. The molecule has 1 fully saturated rings. The van der Waals surface area contributed by atoms with E-state index in [0.29, 0.717) is 18.4 Å². The monoisotopic (exact) mass is 318 g/mol. The number of aromatic amines is 1. The quantitative estimate of drug-likeness (QED) is 0.829. The molecule has 0 aromatic carbocycles. The zero-order valence-electron chi connectivity index (χ0n) is 13.5. The Morgan fingerprint density at radius 2 is 2.43 bits per heavy atom. The molecule has 8 nitrogen and oxygen atoms in total. The van der Waals surface area contributed by atoms with Crippen molar-refractivity contribution in [2.75, 3.05) is 19.6 Å². The minimum atomic E-state index is -0.210. The lowest BCUT2D eigenvalue weighted by Gasteiger charge is -2.14. The second-order valence-electron chi connectivity index (χ2n) is 6.31. The van der Waals surface area contributed by atoms with Crippen molar-refractivity contribution in [1.82, 2.24) is 30.6 Å². The van der Waals surface area contributed by atoms with Crippen molar-refractivity contribution in [2.24, 2.45) is 5.92 Å². The van der Waals surface area contributed by atoms with E-state index in [9.17, 15) is 4.79 Å². The zero-order valence-corrected chi connectivity index (χ0v) is 13.5. The third-order valence-electron chi connectivity index (χ3n) is 4.10. The fraction of sp³-hybridized carbons (Fsp3) is 0.600. The van der Waals surface area contributed by atoms with Gasteiger partial charge in [0.05, 0.1) is 12.2 Å². The van der Waals surface area contributed by atoms with Crippen molar-refractivity contribution in [2.45, 2.75) is 32.7 Å². The molecule has 1 aliphatic rings. The first-order valence-corrected chi connectivity index (χ1v) is 7.93. The molecule has 1 saturated heterocycles. The molecule has 2 aromatic heterocycles. The van der Waals surface area contributed by atoms with E-state index >= 15 is 0 Å². The Kier molecular flexibility index (Phi) is 4.71. The van der Waals surface area contributed by atoms with Gasteiger partial charge in [-0.05, 0) is 24.8 Å². The van der Waals surface area contributed by atoms with Crippen LogP contribution in [0.1, 0.15) is 48.3 Å². The Balaban J connectivity index is 1.44. The molecule has 0 saturated carbocycles. The first kappa shape index (κ1) is 15.7. The Hall–Kier alpha value is -2.22. The first-order chi connectivity index (χ1) is 11.1. The van der Waals surface area contributed by atoms with Gasteiger partial charge in [0.2, 0.25) is 5.82 Å². The van der Waals surface area contributed by atoms with E-state index in [2.05, 4.69) is 44.4 Å². The number of carbonyl (C=O) groups is 1. The predicted molar refractivity (Wildman–Crippen MR) is 82.7 cm³/mol. The predicted octanol–water partition coefficient (Wildman–Crippen LogP) is 1.17. The minimum Gasteiger partial charge on any atom is -0.360 e. The average Bonchev–Trinajstić information content (AvgIpc) is 3.27. The maximum Gasteiger partial charge on any atom is 0.288 e. The van der Waals surface area contributed by atoms with Gasteiger partial charge in [0.1, 0.15) is 6.33 Å². The van der Waals surface area contributed by atoms with Crippen LogP contribution < -0.4 is 5.32 Å². The zero-order chi connectivity index (χ0) is 16.2. The second kappa shape index (κ2) is 6.91. The van der Waals surface area contributed by atoms with Crippen molar-refractivity contribution in [1.29, 1.82) is 0 Å². The summed E-state index contributed by atoms with van der Waals surface area (Å²) in [5, 5.41) is 13.2. The summed E-state index contributed by atoms with van der Waals surface area (Å²) in [5.74, 6) is 1.76. The summed E-state index contributed by atoms with van der Waals surface area (Å²) in [6.45, 7) is 7.56. The number of carbonyl (C=O) groups excluding carboxylic acids is 1. The number of aromatic nitrogens is 4. The van der Waals surface area contributed by atoms with E-state index in [1.54, 1.807) is 0 Å². The molecule has 1 amide bonds. The van der Waals surface area contributed by atoms with E-state index in [-0.39, 0.29) is 11.7 Å². The molecule has 124 valence electrons. The first-order valence-electron chi connectivity index (χ1n) is 7.93. The Morgan fingerprint density at radius 1 is 1.57 bits per heavy atom. The van der Waals surface area contributed by atoms with Crippen LogP contribution in [0.4, 0.5) is 0 Å². The summed E-state index contributed by atoms with van der Waals surface area (Å²) < 4.78 is 5.39. The molecular formula is C15H22N6O2. The highest BCUT2D eigenvalue weighted by Crippen LogP contribution is 2.20. The summed E-state index contributed by atoms with van der Waals surface area (Å²) in [5.41, 5.74) is 0.995. The van der Waals surface area contributed by atoms with Crippen LogP contribution in [0.5, 0.6) is 0 Å². The van der Waals surface area contributed by atoms with Crippen LogP contribution in [0, 0.1) is 5.92 Å². The van der Waals surface area contributed by atoms with Crippen LogP contribution >= 0.6 is 0 Å². The highest BCUT2D eigenvalue weighted by atomic mass is 16.5. The molecule has 1 unspecified atom stereocenters. The van der Waals surface area contributed by atoms with E-state index in [4.69, 9.17) is 4.52 Å². The Morgan fingerprint density at radius 3 is 3.13 bits per heavy atom. The van der Waals surface area contributed by atoms with Gasteiger partial charge in [0.15, 0.2) is 5.76 Å². The summed E-state index contributed by atoms with van der Waals surface area (Å²) >= 11 is 0. The molecule has 1 aliphatic heterocycles. The number of nitrogens with one attached hydrogen (secondary N) is 2. The van der Waals surface area contributed by atoms with Crippen LogP contribution in [0.15, 0.2) is 16.9 Å². The molecule has 0 bridgehead atoms. The average molecular weight is 318 g/mol. The van der Waals surface area contributed by atoms with Gasteiger partial charge in [-0.2, -0.15) is 5.10 Å². The highest BCUT2D eigenvalue weighted by Gasteiger charge is 2.24. The van der Waals surface area contributed by atoms with Gasteiger partial charge in [0.25, 0.3) is 5.91 Å². The summed E-state index contributed by atoms with van der Waals surface area (Å²) in [6.07, 6.45) is 2.39. The molecule has 23 heavy (non-hydrogen) atoms. The van der Waals surface area contributed by atoms with Crippen LogP contribution in [-0.2, 0) is 6.54 Å². The summed E-state index contributed by atoms with van der Waals surface area (Å²) in [7, 11) is 0. The summed E-state index contributed by atoms with van der Waals surface area (Å²) in [6, 6.07) is 2.03. The van der Waals surface area contributed by atoms with Gasteiger partial charge in [0, 0.05) is 19.2 Å². The number of hydrogen-bond acceptors (Lipinski definition) is 6. The van der Waals surface area contributed by atoms with Gasteiger partial charge >= 0.3 is 0 Å². The highest BCUT2D eigenvalue weighted by molar-refractivity contribution is 5.90. The van der Waals surface area contributed by atoms with Crippen molar-refractivity contribution in [3.05, 3.63) is 29.7 Å². The van der Waals surface area contributed by atoms with E-state index in [1.807, 2.05) is 6.07 Å². The Labute approximate surface area is 134 Å². The largest absolute Gasteiger partial charge is 0.360 e. The SMILES string of the molecule is CC(C)c1cc(CN2CCC(CNC(=O)c3ncn[nH]3)C2)on1. The second-order valence-corrected chi connectivity index (χ2v) is 6.31. The molecule has 2 aromatic rings. The fourth-order valence-corrected chi connectivity index (χ4v) is 2.75. The molecule has 2 N–H and O–H groups in total. The third-order valence-corrected chi connectivity index (χ3v) is 4.10. The van der Waals surface area contributed by atoms with Crippen LogP contribution in [-0.4, -0.2) is 50.8 Å². The van der Waals surface area contributed by atoms with Gasteiger partial charge < -0.3 is 9.84 Å². The number of amides is 1. The number of nitrogens with zero attached hydrogens (tertiary/aromatic N) is 4. The number of hydrogen-bond donors (Lipinski definition) is 2. The van der Waals surface area contributed by atoms with E-state index in [0.717, 1.165) is 37.5 Å². The summed E-state index contributed by atoms with van der Waals surface area (Å²) in [4.78, 5) is 18.0. The molecule has 3 rings (SSSR count). The van der Waals surface area contributed by atoms with Crippen LogP contribution in [0.25, 0.3) is 0 Å². The lowest BCUT2D eigenvalue weighted by Crippen LogP contribution is -2.31. The molecule has 0 radical (unpaired) electrons. The lowest BCUT2D eigenvalue weighted by molar-refractivity contribution is 0.0937. The maximum absolute atomic E-state index is 11.8. The third kappa shape index (κ3) is 3.95. The van der Waals surface area contributed by atoms with Crippen LogP contribution in [0.2, 0.25) is 0 Å². The molecule has 8 heteroatoms. The van der Waals surface area contributed by atoms with Crippen molar-refractivity contribution in [3.63, 3.8) is 0 Å². The number of likely N-dealkylation sites (tertiary alicyclic amines) is 1. The normalized spacial score (nSPS) is 18.7. The molecule has 0 aliphatic carbocycles. The number of H-pyrrole nitrogens is 1.